The summed E-state index contributed by atoms with van der Waals surface area (Å²) in [5, 5.41) is 2.80. The Morgan fingerprint density at radius 2 is 1.78 bits per heavy atom. The van der Waals surface area contributed by atoms with Crippen molar-refractivity contribution in [3.05, 3.63) is 35.9 Å². The molecule has 102 valence electrons. The minimum absolute atomic E-state index is 0.132. The fourth-order valence-electron chi connectivity index (χ4n) is 2.36. The van der Waals surface area contributed by atoms with Gasteiger partial charge in [-0.05, 0) is 25.5 Å². The Bertz CT molecular complexity index is 442. The number of sulfone groups is 1. The zero-order valence-corrected chi connectivity index (χ0v) is 12.2. The Labute approximate surface area is 111 Å². The molecule has 0 amide bonds. The van der Waals surface area contributed by atoms with E-state index in [1.165, 1.54) is 0 Å². The molecule has 0 aliphatic heterocycles. The second kappa shape index (κ2) is 6.90. The van der Waals surface area contributed by atoms with E-state index in [4.69, 9.17) is 0 Å². The fraction of sp³-hybridized carbons (Fsp3) is 0.571. The maximum Gasteiger partial charge on any atom is 0.155 e. The largest absolute Gasteiger partial charge is 0.312 e. The van der Waals surface area contributed by atoms with Gasteiger partial charge in [0.1, 0.15) is 0 Å². The summed E-state index contributed by atoms with van der Waals surface area (Å²) in [6, 6.07) is 9.65. The quantitative estimate of drug-likeness (QED) is 0.827. The zero-order chi connectivity index (χ0) is 13.6. The van der Waals surface area contributed by atoms with E-state index in [0.717, 1.165) is 5.56 Å². The lowest BCUT2D eigenvalue weighted by atomic mass is 10.0. The van der Waals surface area contributed by atoms with Crippen molar-refractivity contribution < 1.29 is 8.42 Å². The first kappa shape index (κ1) is 15.2. The van der Waals surface area contributed by atoms with Crippen molar-refractivity contribution in [1.29, 1.82) is 0 Å². The summed E-state index contributed by atoms with van der Waals surface area (Å²) in [4.78, 5) is 0. The summed E-state index contributed by atoms with van der Waals surface area (Å²) in [6.45, 7) is 3.84. The molecule has 0 spiro atoms. The third-order valence-electron chi connectivity index (χ3n) is 3.19. The highest BCUT2D eigenvalue weighted by Crippen LogP contribution is 2.25. The van der Waals surface area contributed by atoms with Crippen LogP contribution in [-0.4, -0.2) is 26.5 Å². The van der Waals surface area contributed by atoms with Crippen molar-refractivity contribution in [3.63, 3.8) is 0 Å². The van der Waals surface area contributed by atoms with E-state index in [-0.39, 0.29) is 17.0 Å². The molecule has 2 atom stereocenters. The number of hydrogen-bond donors (Lipinski definition) is 1. The van der Waals surface area contributed by atoms with E-state index in [1.807, 2.05) is 51.2 Å². The van der Waals surface area contributed by atoms with Crippen LogP contribution in [0.1, 0.15) is 38.3 Å². The van der Waals surface area contributed by atoms with Crippen LogP contribution in [0.25, 0.3) is 0 Å². The highest BCUT2D eigenvalue weighted by Gasteiger charge is 2.31. The lowest BCUT2D eigenvalue weighted by Crippen LogP contribution is -2.36. The average Bonchev–Trinajstić information content (AvgIpc) is 2.36. The highest BCUT2D eigenvalue weighted by molar-refractivity contribution is 7.92. The summed E-state index contributed by atoms with van der Waals surface area (Å²) in [5.41, 5.74) is 1.03. The van der Waals surface area contributed by atoms with Gasteiger partial charge in [-0.25, -0.2) is 8.42 Å². The Hall–Kier alpha value is -0.870. The Morgan fingerprint density at radius 3 is 2.22 bits per heavy atom. The number of nitrogens with one attached hydrogen (secondary N) is 1. The summed E-state index contributed by atoms with van der Waals surface area (Å²) in [6.07, 6.45) is 1.30. The maximum atomic E-state index is 12.3. The lowest BCUT2D eigenvalue weighted by Gasteiger charge is -2.26. The molecule has 3 nitrogen and oxygen atoms in total. The topological polar surface area (TPSA) is 46.2 Å². The molecule has 2 unspecified atom stereocenters. The molecule has 0 saturated carbocycles. The van der Waals surface area contributed by atoms with Crippen LogP contribution in [0, 0.1) is 0 Å². The van der Waals surface area contributed by atoms with E-state index >= 15 is 0 Å². The highest BCUT2D eigenvalue weighted by atomic mass is 32.2. The van der Waals surface area contributed by atoms with Crippen molar-refractivity contribution in [3.8, 4) is 0 Å². The monoisotopic (exact) mass is 269 g/mol. The Kier molecular flexibility index (Phi) is 5.82. The molecule has 0 aliphatic carbocycles. The molecule has 1 aromatic carbocycles. The Balaban J connectivity index is 3.06. The first-order valence-electron chi connectivity index (χ1n) is 6.50. The van der Waals surface area contributed by atoms with Gasteiger partial charge in [-0.1, -0.05) is 44.2 Å². The van der Waals surface area contributed by atoms with Crippen molar-refractivity contribution >= 4 is 9.84 Å². The number of rotatable bonds is 7. The van der Waals surface area contributed by atoms with Crippen molar-refractivity contribution in [2.24, 2.45) is 0 Å². The zero-order valence-electron chi connectivity index (χ0n) is 11.4. The molecule has 0 aliphatic rings. The maximum absolute atomic E-state index is 12.3. The van der Waals surface area contributed by atoms with E-state index in [9.17, 15) is 8.42 Å². The minimum atomic E-state index is -3.04. The van der Waals surface area contributed by atoms with Crippen LogP contribution in [0.3, 0.4) is 0 Å². The van der Waals surface area contributed by atoms with Gasteiger partial charge in [0.25, 0.3) is 0 Å². The molecule has 0 saturated heterocycles. The first-order chi connectivity index (χ1) is 8.56. The molecular formula is C14H23NO2S. The predicted molar refractivity (Wildman–Crippen MR) is 76.4 cm³/mol. The van der Waals surface area contributed by atoms with E-state index in [2.05, 4.69) is 5.32 Å². The smallest absolute Gasteiger partial charge is 0.155 e. The second-order valence-electron chi connectivity index (χ2n) is 4.49. The van der Waals surface area contributed by atoms with Crippen LogP contribution in [0.2, 0.25) is 0 Å². The van der Waals surface area contributed by atoms with Crippen LogP contribution in [0.5, 0.6) is 0 Å². The molecule has 0 fully saturated rings. The van der Waals surface area contributed by atoms with Gasteiger partial charge in [0.15, 0.2) is 9.84 Å². The van der Waals surface area contributed by atoms with Crippen molar-refractivity contribution in [1.82, 2.24) is 5.32 Å². The van der Waals surface area contributed by atoms with Gasteiger partial charge < -0.3 is 5.32 Å². The average molecular weight is 269 g/mol. The van der Waals surface area contributed by atoms with Gasteiger partial charge in [-0.3, -0.25) is 0 Å². The number of benzene rings is 1. The van der Waals surface area contributed by atoms with Gasteiger partial charge in [-0.15, -0.1) is 0 Å². The van der Waals surface area contributed by atoms with Crippen LogP contribution in [0.4, 0.5) is 0 Å². The Morgan fingerprint density at radius 1 is 1.17 bits per heavy atom. The predicted octanol–water partition coefficient (Wildman–Crippen LogP) is 2.55. The minimum Gasteiger partial charge on any atom is -0.312 e. The lowest BCUT2D eigenvalue weighted by molar-refractivity contribution is 0.506. The molecule has 0 radical (unpaired) electrons. The van der Waals surface area contributed by atoms with E-state index < -0.39 is 9.84 Å². The van der Waals surface area contributed by atoms with E-state index in [1.54, 1.807) is 0 Å². The molecule has 1 N–H and O–H groups in total. The molecule has 0 bridgehead atoms. The molecule has 4 heteroatoms. The molecule has 0 heterocycles. The van der Waals surface area contributed by atoms with Gasteiger partial charge in [0.2, 0.25) is 0 Å². The SMILES string of the molecule is CCCS(=O)(=O)C(CC)C(NC)c1ccccc1. The third kappa shape index (κ3) is 3.56. The van der Waals surface area contributed by atoms with E-state index in [0.29, 0.717) is 12.8 Å². The molecule has 18 heavy (non-hydrogen) atoms. The van der Waals surface area contributed by atoms with Gasteiger partial charge >= 0.3 is 0 Å². The van der Waals surface area contributed by atoms with Gasteiger partial charge in [-0.2, -0.15) is 0 Å². The van der Waals surface area contributed by atoms with Crippen molar-refractivity contribution in [2.45, 2.75) is 38.0 Å². The molecule has 1 aromatic rings. The molecule has 0 aromatic heterocycles. The van der Waals surface area contributed by atoms with Gasteiger partial charge in [0, 0.05) is 6.04 Å². The normalized spacial score (nSPS) is 15.3. The van der Waals surface area contributed by atoms with Crippen LogP contribution in [-0.2, 0) is 9.84 Å². The molecule has 1 rings (SSSR count). The third-order valence-corrected chi connectivity index (χ3v) is 5.70. The van der Waals surface area contributed by atoms with Gasteiger partial charge in [0.05, 0.1) is 11.0 Å². The summed E-state index contributed by atoms with van der Waals surface area (Å²) in [5.74, 6) is 0.260. The van der Waals surface area contributed by atoms with Crippen LogP contribution >= 0.6 is 0 Å². The molecular weight excluding hydrogens is 246 g/mol. The summed E-state index contributed by atoms with van der Waals surface area (Å²) in [7, 11) is -1.22. The second-order valence-corrected chi connectivity index (χ2v) is 6.83. The van der Waals surface area contributed by atoms with Crippen LogP contribution in [0.15, 0.2) is 30.3 Å². The number of hydrogen-bond acceptors (Lipinski definition) is 3. The van der Waals surface area contributed by atoms with Crippen molar-refractivity contribution in [2.75, 3.05) is 12.8 Å². The fourth-order valence-corrected chi connectivity index (χ4v) is 4.45. The first-order valence-corrected chi connectivity index (χ1v) is 8.22. The summed E-state index contributed by atoms with van der Waals surface area (Å²) < 4.78 is 24.6. The van der Waals surface area contributed by atoms with Crippen LogP contribution < -0.4 is 5.32 Å². The summed E-state index contributed by atoms with van der Waals surface area (Å²) >= 11 is 0. The standard InChI is InChI=1S/C14H23NO2S/c1-4-11-18(16,17)13(5-2)14(15-3)12-9-7-6-8-10-12/h6-10,13-15H,4-5,11H2,1-3H3.